The molecule has 192 valence electrons. The van der Waals surface area contributed by atoms with Crippen LogP contribution in [0.2, 0.25) is 0 Å². The quantitative estimate of drug-likeness (QED) is 0.523. The third-order valence-corrected chi connectivity index (χ3v) is 7.18. The van der Waals surface area contributed by atoms with Crippen molar-refractivity contribution in [1.29, 1.82) is 0 Å². The summed E-state index contributed by atoms with van der Waals surface area (Å²) in [6, 6.07) is 1.88. The number of nitrogens with zero attached hydrogens (tertiary/aromatic N) is 3. The molecule has 0 atom stereocenters. The second kappa shape index (κ2) is 12.0. The number of nitrogens with one attached hydrogen (secondary N) is 1. The zero-order chi connectivity index (χ0) is 25.4. The maximum atomic E-state index is 12.7. The van der Waals surface area contributed by atoms with Crippen LogP contribution in [-0.4, -0.2) is 38.9 Å². The average molecular weight is 493 g/mol. The van der Waals surface area contributed by atoms with Gasteiger partial charge in [-0.3, -0.25) is 19.3 Å². The minimum Gasteiger partial charge on any atom is -0.503 e. The summed E-state index contributed by atoms with van der Waals surface area (Å²) in [7, 11) is 0. The van der Waals surface area contributed by atoms with Crippen molar-refractivity contribution in [3.05, 3.63) is 63.9 Å². The molecule has 0 unspecified atom stereocenters. The van der Waals surface area contributed by atoms with Gasteiger partial charge < -0.3 is 15.2 Å². The number of fused-ring (bicyclic) bond motifs is 3. The molecular weight excluding hydrogens is 456 g/mol. The van der Waals surface area contributed by atoms with Crippen LogP contribution < -0.4 is 15.5 Å². The van der Waals surface area contributed by atoms with Gasteiger partial charge in [0.05, 0.1) is 6.20 Å². The van der Waals surface area contributed by atoms with E-state index in [1.165, 1.54) is 6.20 Å². The van der Waals surface area contributed by atoms with Crippen LogP contribution in [0.25, 0.3) is 6.08 Å². The summed E-state index contributed by atoms with van der Waals surface area (Å²) in [4.78, 5) is 29.5. The highest BCUT2D eigenvalue weighted by Gasteiger charge is 2.34. The molecule has 36 heavy (non-hydrogen) atoms. The van der Waals surface area contributed by atoms with Crippen molar-refractivity contribution < 1.29 is 14.6 Å². The summed E-state index contributed by atoms with van der Waals surface area (Å²) in [6.45, 7) is 3.33. The third kappa shape index (κ3) is 6.42. The Bertz CT molecular complexity index is 1180. The van der Waals surface area contributed by atoms with E-state index in [2.05, 4.69) is 27.6 Å². The number of allylic oxidation sites excluding steroid dienone is 1. The van der Waals surface area contributed by atoms with Crippen molar-refractivity contribution in [3.63, 3.8) is 0 Å². The molecule has 1 aliphatic heterocycles. The van der Waals surface area contributed by atoms with E-state index < -0.39 is 17.1 Å². The molecular formula is C28H36N4O4. The van der Waals surface area contributed by atoms with Crippen molar-refractivity contribution >= 4 is 12.0 Å². The smallest absolute Gasteiger partial charge is 0.275 e. The van der Waals surface area contributed by atoms with Crippen molar-refractivity contribution in [2.24, 2.45) is 5.41 Å². The highest BCUT2D eigenvalue weighted by Crippen LogP contribution is 2.43. The Morgan fingerprint density at radius 1 is 1.06 bits per heavy atom. The Balaban J connectivity index is 1.55. The van der Waals surface area contributed by atoms with Gasteiger partial charge >= 0.3 is 0 Å². The van der Waals surface area contributed by atoms with Crippen molar-refractivity contribution in [1.82, 2.24) is 20.1 Å². The van der Waals surface area contributed by atoms with Crippen LogP contribution in [0, 0.1) is 12.3 Å². The topological polar surface area (TPSA) is 106 Å². The van der Waals surface area contributed by atoms with E-state index in [1.807, 2.05) is 25.1 Å². The monoisotopic (exact) mass is 492 g/mol. The Morgan fingerprint density at radius 2 is 1.83 bits per heavy atom. The van der Waals surface area contributed by atoms with Gasteiger partial charge in [-0.1, -0.05) is 43.6 Å². The van der Waals surface area contributed by atoms with Crippen LogP contribution in [0.15, 0.2) is 41.5 Å². The zero-order valence-corrected chi connectivity index (χ0v) is 21.0. The zero-order valence-electron chi connectivity index (χ0n) is 21.0. The van der Waals surface area contributed by atoms with E-state index >= 15 is 0 Å². The van der Waals surface area contributed by atoms with Crippen LogP contribution in [0.1, 0.15) is 79.5 Å². The molecule has 4 rings (SSSR count). The minimum atomic E-state index is -0.734. The lowest BCUT2D eigenvalue weighted by Gasteiger charge is -2.29. The second-order valence-electron chi connectivity index (χ2n) is 9.88. The highest BCUT2D eigenvalue weighted by atomic mass is 16.5. The van der Waals surface area contributed by atoms with Gasteiger partial charge in [-0.05, 0) is 56.9 Å². The van der Waals surface area contributed by atoms with E-state index in [9.17, 15) is 14.7 Å². The van der Waals surface area contributed by atoms with Crippen molar-refractivity contribution in [2.45, 2.75) is 71.3 Å². The molecule has 1 amide bonds. The molecule has 2 bridgehead atoms. The van der Waals surface area contributed by atoms with Crippen molar-refractivity contribution in [3.8, 4) is 11.5 Å². The van der Waals surface area contributed by atoms with Gasteiger partial charge in [0.15, 0.2) is 11.4 Å². The van der Waals surface area contributed by atoms with Crippen LogP contribution in [0.5, 0.6) is 11.5 Å². The van der Waals surface area contributed by atoms with Gasteiger partial charge in [0.2, 0.25) is 0 Å². The number of ether oxygens (including phenoxy) is 1. The molecule has 8 heteroatoms. The van der Waals surface area contributed by atoms with E-state index in [1.54, 1.807) is 10.9 Å². The summed E-state index contributed by atoms with van der Waals surface area (Å²) >= 11 is 0. The summed E-state index contributed by atoms with van der Waals surface area (Å²) in [6.07, 6.45) is 20.5. The summed E-state index contributed by atoms with van der Waals surface area (Å²) in [5.74, 6) is -0.200. The van der Waals surface area contributed by atoms with Crippen LogP contribution >= 0.6 is 0 Å². The first-order valence-electron chi connectivity index (χ1n) is 13.0. The number of hydrogen-bond acceptors (Lipinski definition) is 6. The fourth-order valence-corrected chi connectivity index (χ4v) is 5.23. The minimum absolute atomic E-state index is 0.0659. The van der Waals surface area contributed by atoms with Crippen LogP contribution in [0.3, 0.4) is 0 Å². The van der Waals surface area contributed by atoms with E-state index in [-0.39, 0.29) is 11.1 Å². The number of amides is 1. The molecule has 2 aromatic heterocycles. The van der Waals surface area contributed by atoms with E-state index in [0.29, 0.717) is 26.1 Å². The molecule has 1 spiro atoms. The van der Waals surface area contributed by atoms with Gasteiger partial charge in [-0.2, -0.15) is 5.10 Å². The Labute approximate surface area is 212 Å². The fraction of sp³-hybridized carbons (Fsp3) is 0.500. The normalized spacial score (nSPS) is 19.2. The molecule has 1 aliphatic carbocycles. The number of carbonyl (C=O) groups is 1. The predicted molar refractivity (Wildman–Crippen MR) is 139 cm³/mol. The molecule has 3 heterocycles. The molecule has 0 saturated heterocycles. The Morgan fingerprint density at radius 3 is 2.64 bits per heavy atom. The van der Waals surface area contributed by atoms with E-state index in [0.717, 1.165) is 68.4 Å². The number of hydrogen-bond donors (Lipinski definition) is 2. The lowest BCUT2D eigenvalue weighted by atomic mass is 9.81. The van der Waals surface area contributed by atoms with Gasteiger partial charge in [-0.15, -0.1) is 0 Å². The maximum Gasteiger partial charge on any atom is 0.275 e. The average Bonchev–Trinajstić information content (AvgIpc) is 3.31. The predicted octanol–water partition coefficient (Wildman–Crippen LogP) is 4.56. The highest BCUT2D eigenvalue weighted by molar-refractivity contribution is 5.92. The number of aromatic nitrogens is 3. The molecule has 1 fully saturated rings. The lowest BCUT2D eigenvalue weighted by Crippen LogP contribution is -2.33. The third-order valence-electron chi connectivity index (χ3n) is 7.18. The molecule has 0 radical (unpaired) electrons. The number of carbonyl (C=O) groups excluding carboxylic acids is 1. The molecule has 2 aromatic rings. The maximum absolute atomic E-state index is 12.7. The largest absolute Gasteiger partial charge is 0.503 e. The van der Waals surface area contributed by atoms with Crippen molar-refractivity contribution in [2.75, 3.05) is 13.2 Å². The summed E-state index contributed by atoms with van der Waals surface area (Å²) in [5.41, 5.74) is 1.02. The fourth-order valence-electron chi connectivity index (χ4n) is 5.23. The number of aryl methyl sites for hydroxylation is 1. The Hall–Kier alpha value is -3.42. The number of aromatic hydroxyl groups is 1. The first kappa shape index (κ1) is 25.7. The summed E-state index contributed by atoms with van der Waals surface area (Å²) in [5, 5.41) is 17.3. The van der Waals surface area contributed by atoms with Gasteiger partial charge in [0, 0.05) is 30.5 Å². The molecule has 2 N–H and O–H groups in total. The molecule has 8 nitrogen and oxygen atoms in total. The first-order chi connectivity index (χ1) is 17.5. The van der Waals surface area contributed by atoms with Crippen LogP contribution in [0.4, 0.5) is 0 Å². The number of rotatable bonds is 0. The summed E-state index contributed by atoms with van der Waals surface area (Å²) < 4.78 is 7.56. The van der Waals surface area contributed by atoms with Gasteiger partial charge in [0.1, 0.15) is 12.4 Å². The standard InChI is InChI=1S/C28H36N4O4/c1-21-22-11-5-2-3-6-13-28(14-7-8-15-28)20-32-19-23(33)26(34)25(31-32)27(35)30-16-9-4-10-18-36-24(22)12-17-29-21/h4-5,10-12,17,19,33H,2-3,6-9,13-16,18,20H2,1H3,(H,30,35). The first-order valence-corrected chi connectivity index (χ1v) is 13.0. The SMILES string of the molecule is Cc1nccc2c1C=CCCCCC1(CCCC1)Cn1cc(O)c(=O)c(n1)C(=O)NCCC=CCO2. The molecule has 0 aromatic carbocycles. The van der Waals surface area contributed by atoms with E-state index in [4.69, 9.17) is 4.74 Å². The Kier molecular flexibility index (Phi) is 8.57. The van der Waals surface area contributed by atoms with Gasteiger partial charge in [0.25, 0.3) is 11.3 Å². The van der Waals surface area contributed by atoms with Crippen LogP contribution in [-0.2, 0) is 6.54 Å². The van der Waals surface area contributed by atoms with Gasteiger partial charge in [-0.25, -0.2) is 0 Å². The molecule has 2 aliphatic rings. The molecule has 1 saturated carbocycles. The second-order valence-corrected chi connectivity index (χ2v) is 9.88. The number of pyridine rings is 1. The lowest BCUT2D eigenvalue weighted by molar-refractivity contribution is 0.0943.